The smallest absolute Gasteiger partial charge is 0.0300 e. The fraction of sp³-hybridized carbons (Fsp3) is 0.353. The molecule has 3 heteroatoms. The minimum atomic E-state index is 0.710. The van der Waals surface area contributed by atoms with E-state index in [1.165, 1.54) is 11.1 Å². The van der Waals surface area contributed by atoms with E-state index >= 15 is 0 Å². The van der Waals surface area contributed by atoms with Crippen molar-refractivity contribution in [1.82, 2.24) is 9.88 Å². The molecule has 0 saturated carbocycles. The Morgan fingerprint density at radius 2 is 1.55 bits per heavy atom. The van der Waals surface area contributed by atoms with Crippen LogP contribution < -0.4 is 5.73 Å². The Kier molecular flexibility index (Phi) is 6.21. The molecular formula is C17H23N3. The molecular weight excluding hydrogens is 246 g/mol. The van der Waals surface area contributed by atoms with E-state index in [2.05, 4.69) is 46.3 Å². The van der Waals surface area contributed by atoms with Crippen LogP contribution in [0, 0.1) is 0 Å². The van der Waals surface area contributed by atoms with Crippen LogP contribution >= 0.6 is 0 Å². The van der Waals surface area contributed by atoms with Gasteiger partial charge in [-0.15, -0.1) is 0 Å². The highest BCUT2D eigenvalue weighted by Gasteiger charge is 2.05. The van der Waals surface area contributed by atoms with Gasteiger partial charge in [0.15, 0.2) is 0 Å². The Hall–Kier alpha value is -1.71. The van der Waals surface area contributed by atoms with Gasteiger partial charge in [-0.25, -0.2) is 0 Å². The minimum absolute atomic E-state index is 0.710. The Morgan fingerprint density at radius 1 is 0.850 bits per heavy atom. The van der Waals surface area contributed by atoms with Crippen molar-refractivity contribution in [2.45, 2.75) is 12.8 Å². The maximum atomic E-state index is 5.71. The van der Waals surface area contributed by atoms with Crippen LogP contribution in [0.15, 0.2) is 54.9 Å². The van der Waals surface area contributed by atoms with Crippen molar-refractivity contribution in [2.75, 3.05) is 26.2 Å². The fourth-order valence-corrected chi connectivity index (χ4v) is 2.28. The van der Waals surface area contributed by atoms with E-state index < -0.39 is 0 Å². The highest BCUT2D eigenvalue weighted by molar-refractivity contribution is 5.15. The number of benzene rings is 1. The number of aromatic nitrogens is 1. The predicted molar refractivity (Wildman–Crippen MR) is 83.6 cm³/mol. The van der Waals surface area contributed by atoms with E-state index in [1.807, 2.05) is 18.5 Å². The second-order valence-corrected chi connectivity index (χ2v) is 4.98. The standard InChI is InChI=1S/C17H23N3/c18-10-14-20(12-8-16-5-2-1-3-6-16)13-9-17-7-4-11-19-15-17/h1-7,11,15H,8-10,12-14,18H2. The first-order valence-electron chi connectivity index (χ1n) is 7.24. The molecule has 2 rings (SSSR count). The summed E-state index contributed by atoms with van der Waals surface area (Å²) in [5.74, 6) is 0. The monoisotopic (exact) mass is 269 g/mol. The lowest BCUT2D eigenvalue weighted by atomic mass is 10.1. The zero-order valence-electron chi connectivity index (χ0n) is 11.9. The summed E-state index contributed by atoms with van der Waals surface area (Å²) >= 11 is 0. The van der Waals surface area contributed by atoms with Crippen molar-refractivity contribution in [3.05, 3.63) is 66.0 Å². The van der Waals surface area contributed by atoms with E-state index in [0.29, 0.717) is 6.54 Å². The van der Waals surface area contributed by atoms with Crippen LogP contribution in [0.25, 0.3) is 0 Å². The van der Waals surface area contributed by atoms with Gasteiger partial charge >= 0.3 is 0 Å². The molecule has 0 aliphatic carbocycles. The number of hydrogen-bond acceptors (Lipinski definition) is 3. The molecule has 2 N–H and O–H groups in total. The van der Waals surface area contributed by atoms with Crippen molar-refractivity contribution >= 4 is 0 Å². The molecule has 1 aromatic heterocycles. The summed E-state index contributed by atoms with van der Waals surface area (Å²) < 4.78 is 0. The summed E-state index contributed by atoms with van der Waals surface area (Å²) in [4.78, 5) is 6.59. The van der Waals surface area contributed by atoms with Crippen LogP contribution in [0.5, 0.6) is 0 Å². The normalized spacial score (nSPS) is 10.9. The lowest BCUT2D eigenvalue weighted by Gasteiger charge is -2.21. The van der Waals surface area contributed by atoms with E-state index in [1.54, 1.807) is 0 Å². The van der Waals surface area contributed by atoms with E-state index in [-0.39, 0.29) is 0 Å². The third kappa shape index (κ3) is 5.11. The van der Waals surface area contributed by atoms with Gasteiger partial charge in [-0.05, 0) is 30.0 Å². The van der Waals surface area contributed by atoms with Crippen molar-refractivity contribution in [3.8, 4) is 0 Å². The first kappa shape index (κ1) is 14.7. The zero-order valence-corrected chi connectivity index (χ0v) is 11.9. The third-order valence-corrected chi connectivity index (χ3v) is 3.44. The second-order valence-electron chi connectivity index (χ2n) is 4.98. The molecule has 0 radical (unpaired) electrons. The van der Waals surface area contributed by atoms with Gasteiger partial charge in [0.1, 0.15) is 0 Å². The second kappa shape index (κ2) is 8.46. The molecule has 0 unspecified atom stereocenters. The molecule has 3 nitrogen and oxygen atoms in total. The van der Waals surface area contributed by atoms with Crippen LogP contribution in [0.4, 0.5) is 0 Å². The predicted octanol–water partition coefficient (Wildman–Crippen LogP) is 2.13. The Bertz CT molecular complexity index is 427. The highest BCUT2D eigenvalue weighted by Crippen LogP contribution is 2.03. The molecule has 0 aliphatic heterocycles. The third-order valence-electron chi connectivity index (χ3n) is 3.44. The lowest BCUT2D eigenvalue weighted by Crippen LogP contribution is -2.33. The van der Waals surface area contributed by atoms with Crippen molar-refractivity contribution in [3.63, 3.8) is 0 Å². The molecule has 1 aromatic carbocycles. The lowest BCUT2D eigenvalue weighted by molar-refractivity contribution is 0.288. The summed E-state index contributed by atoms with van der Waals surface area (Å²) in [5, 5.41) is 0. The Balaban J connectivity index is 1.81. The van der Waals surface area contributed by atoms with Crippen molar-refractivity contribution < 1.29 is 0 Å². The summed E-state index contributed by atoms with van der Waals surface area (Å²) in [7, 11) is 0. The van der Waals surface area contributed by atoms with Gasteiger partial charge < -0.3 is 10.6 Å². The SMILES string of the molecule is NCCN(CCc1ccccc1)CCc1cccnc1. The van der Waals surface area contributed by atoms with E-state index in [9.17, 15) is 0 Å². The molecule has 0 bridgehead atoms. The first-order valence-corrected chi connectivity index (χ1v) is 7.24. The number of rotatable bonds is 8. The minimum Gasteiger partial charge on any atom is -0.329 e. The van der Waals surface area contributed by atoms with Crippen LogP contribution in [0.2, 0.25) is 0 Å². The Labute approximate surface area is 121 Å². The van der Waals surface area contributed by atoms with Gasteiger partial charge in [0, 0.05) is 38.6 Å². The van der Waals surface area contributed by atoms with Gasteiger partial charge in [-0.3, -0.25) is 4.98 Å². The van der Waals surface area contributed by atoms with Crippen LogP contribution in [-0.2, 0) is 12.8 Å². The maximum absolute atomic E-state index is 5.71. The van der Waals surface area contributed by atoms with E-state index in [4.69, 9.17) is 5.73 Å². The zero-order chi connectivity index (χ0) is 14.0. The highest BCUT2D eigenvalue weighted by atomic mass is 15.1. The Morgan fingerprint density at radius 3 is 2.20 bits per heavy atom. The van der Waals surface area contributed by atoms with Crippen molar-refractivity contribution in [1.29, 1.82) is 0 Å². The van der Waals surface area contributed by atoms with E-state index in [0.717, 1.165) is 32.5 Å². The molecule has 0 amide bonds. The van der Waals surface area contributed by atoms with Gasteiger partial charge in [-0.2, -0.15) is 0 Å². The average molecular weight is 269 g/mol. The molecule has 2 aromatic rings. The molecule has 0 atom stereocenters. The molecule has 106 valence electrons. The number of nitrogens with zero attached hydrogens (tertiary/aromatic N) is 2. The number of nitrogens with two attached hydrogens (primary N) is 1. The van der Waals surface area contributed by atoms with Gasteiger partial charge in [-0.1, -0.05) is 36.4 Å². The van der Waals surface area contributed by atoms with Crippen molar-refractivity contribution in [2.24, 2.45) is 5.73 Å². The molecule has 20 heavy (non-hydrogen) atoms. The summed E-state index contributed by atoms with van der Waals surface area (Å²) in [6.45, 7) is 3.76. The van der Waals surface area contributed by atoms with Crippen LogP contribution in [-0.4, -0.2) is 36.1 Å². The van der Waals surface area contributed by atoms with Crippen LogP contribution in [0.3, 0.4) is 0 Å². The number of pyridine rings is 1. The summed E-state index contributed by atoms with van der Waals surface area (Å²) in [6.07, 6.45) is 5.87. The summed E-state index contributed by atoms with van der Waals surface area (Å²) in [6, 6.07) is 14.7. The largest absolute Gasteiger partial charge is 0.329 e. The molecule has 1 heterocycles. The van der Waals surface area contributed by atoms with Crippen LogP contribution in [0.1, 0.15) is 11.1 Å². The maximum Gasteiger partial charge on any atom is 0.0300 e. The quantitative estimate of drug-likeness (QED) is 0.798. The molecule has 0 saturated heterocycles. The topological polar surface area (TPSA) is 42.1 Å². The summed E-state index contributed by atoms with van der Waals surface area (Å²) in [5.41, 5.74) is 8.38. The fourth-order valence-electron chi connectivity index (χ4n) is 2.28. The molecule has 0 spiro atoms. The average Bonchev–Trinajstić information content (AvgIpc) is 2.52. The first-order chi connectivity index (χ1) is 9.88. The van der Waals surface area contributed by atoms with Gasteiger partial charge in [0.05, 0.1) is 0 Å². The van der Waals surface area contributed by atoms with Gasteiger partial charge in [0.2, 0.25) is 0 Å². The number of hydrogen-bond donors (Lipinski definition) is 1. The van der Waals surface area contributed by atoms with Gasteiger partial charge in [0.25, 0.3) is 0 Å². The molecule has 0 aliphatic rings. The molecule has 0 fully saturated rings.